The van der Waals surface area contributed by atoms with Gasteiger partial charge < -0.3 is 5.32 Å². The molecule has 2 rings (SSSR count). The average molecular weight is 217 g/mol. The van der Waals surface area contributed by atoms with Crippen molar-refractivity contribution < 1.29 is 4.79 Å². The lowest BCUT2D eigenvalue weighted by Crippen LogP contribution is -2.30. The fraction of sp³-hybridized carbons (Fsp3) is 0.500. The molecule has 0 radical (unpaired) electrons. The predicted octanol–water partition coefficient (Wildman–Crippen LogP) is 2.43. The van der Waals surface area contributed by atoms with Gasteiger partial charge in [-0.25, -0.2) is 0 Å². The minimum atomic E-state index is -0.202. The number of ketones is 1. The van der Waals surface area contributed by atoms with E-state index in [1.807, 2.05) is 18.2 Å². The van der Waals surface area contributed by atoms with Crippen LogP contribution in [-0.4, -0.2) is 18.9 Å². The third-order valence-corrected chi connectivity index (χ3v) is 3.51. The largest absolute Gasteiger partial charge is 0.316 e. The summed E-state index contributed by atoms with van der Waals surface area (Å²) in [5.74, 6) is 0.285. The Morgan fingerprint density at radius 2 is 2.31 bits per heavy atom. The van der Waals surface area contributed by atoms with Gasteiger partial charge in [0.05, 0.1) is 0 Å². The minimum absolute atomic E-state index is 0.202. The van der Waals surface area contributed by atoms with Crippen molar-refractivity contribution in [2.24, 2.45) is 5.41 Å². The quantitative estimate of drug-likeness (QED) is 0.788. The van der Waals surface area contributed by atoms with Gasteiger partial charge in [0.2, 0.25) is 0 Å². The average Bonchev–Trinajstić information content (AvgIpc) is 2.76. The van der Waals surface area contributed by atoms with Crippen molar-refractivity contribution >= 4 is 5.78 Å². The van der Waals surface area contributed by atoms with Crippen LogP contribution in [0.5, 0.6) is 0 Å². The summed E-state index contributed by atoms with van der Waals surface area (Å²) in [7, 11) is 0. The van der Waals surface area contributed by atoms with Crippen molar-refractivity contribution in [1.82, 2.24) is 5.32 Å². The van der Waals surface area contributed by atoms with Crippen molar-refractivity contribution in [2.75, 3.05) is 13.1 Å². The third kappa shape index (κ3) is 2.03. The maximum Gasteiger partial charge on any atom is 0.170 e. The van der Waals surface area contributed by atoms with Crippen molar-refractivity contribution in [3.8, 4) is 0 Å². The van der Waals surface area contributed by atoms with Crippen LogP contribution in [0, 0.1) is 5.41 Å². The van der Waals surface area contributed by atoms with E-state index in [4.69, 9.17) is 0 Å². The predicted molar refractivity (Wildman–Crippen MR) is 65.7 cm³/mol. The first-order valence-corrected chi connectivity index (χ1v) is 6.00. The number of hydrogen-bond donors (Lipinski definition) is 1. The van der Waals surface area contributed by atoms with Crippen molar-refractivity contribution in [3.05, 3.63) is 35.4 Å². The Morgan fingerprint density at radius 3 is 2.94 bits per heavy atom. The number of Topliss-reactive ketones (excluding diaryl/α,β-unsaturated/α-hetero) is 1. The molecule has 16 heavy (non-hydrogen) atoms. The van der Waals surface area contributed by atoms with Gasteiger partial charge >= 0.3 is 0 Å². The van der Waals surface area contributed by atoms with E-state index in [-0.39, 0.29) is 11.2 Å². The lowest BCUT2D eigenvalue weighted by Gasteiger charge is -2.21. The molecule has 0 spiro atoms. The van der Waals surface area contributed by atoms with Crippen LogP contribution in [0.2, 0.25) is 0 Å². The lowest BCUT2D eigenvalue weighted by atomic mass is 9.81. The monoisotopic (exact) mass is 217 g/mol. The van der Waals surface area contributed by atoms with Crippen LogP contribution in [0.1, 0.15) is 36.2 Å². The first kappa shape index (κ1) is 11.3. The summed E-state index contributed by atoms with van der Waals surface area (Å²) in [6, 6.07) is 8.03. The van der Waals surface area contributed by atoms with E-state index in [1.165, 1.54) is 5.56 Å². The van der Waals surface area contributed by atoms with Gasteiger partial charge in [0, 0.05) is 17.5 Å². The molecule has 1 saturated heterocycles. The number of nitrogens with one attached hydrogen (secondary N) is 1. The SMILES string of the molecule is CCc1cccc(C(=O)C2(C)CCNC2)c1. The molecule has 0 amide bonds. The van der Waals surface area contributed by atoms with Gasteiger partial charge in [-0.3, -0.25) is 4.79 Å². The summed E-state index contributed by atoms with van der Waals surface area (Å²) >= 11 is 0. The highest BCUT2D eigenvalue weighted by Gasteiger charge is 2.36. The van der Waals surface area contributed by atoms with Crippen LogP contribution in [0.4, 0.5) is 0 Å². The Kier molecular flexibility index (Phi) is 3.10. The summed E-state index contributed by atoms with van der Waals surface area (Å²) < 4.78 is 0. The van der Waals surface area contributed by atoms with Gasteiger partial charge in [-0.1, -0.05) is 32.0 Å². The number of carbonyl (C=O) groups excluding carboxylic acids is 1. The fourth-order valence-electron chi connectivity index (χ4n) is 2.29. The topological polar surface area (TPSA) is 29.1 Å². The summed E-state index contributed by atoms with van der Waals surface area (Å²) in [5.41, 5.74) is 1.90. The first-order chi connectivity index (χ1) is 7.65. The second-order valence-electron chi connectivity index (χ2n) is 4.87. The maximum absolute atomic E-state index is 12.4. The molecule has 0 saturated carbocycles. The van der Waals surface area contributed by atoms with Crippen molar-refractivity contribution in [2.45, 2.75) is 26.7 Å². The first-order valence-electron chi connectivity index (χ1n) is 6.00. The highest BCUT2D eigenvalue weighted by Crippen LogP contribution is 2.29. The van der Waals surface area contributed by atoms with E-state index in [1.54, 1.807) is 0 Å². The zero-order valence-corrected chi connectivity index (χ0v) is 10.0. The maximum atomic E-state index is 12.4. The summed E-state index contributed by atoms with van der Waals surface area (Å²) in [5, 5.41) is 3.27. The Morgan fingerprint density at radius 1 is 1.50 bits per heavy atom. The van der Waals surface area contributed by atoms with Crippen LogP contribution in [0.15, 0.2) is 24.3 Å². The summed E-state index contributed by atoms with van der Waals surface area (Å²) in [6.45, 7) is 5.94. The molecule has 1 N–H and O–H groups in total. The summed E-state index contributed by atoms with van der Waals surface area (Å²) in [4.78, 5) is 12.4. The molecule has 1 aliphatic heterocycles. The molecular weight excluding hydrogens is 198 g/mol. The lowest BCUT2D eigenvalue weighted by molar-refractivity contribution is 0.0839. The van der Waals surface area contributed by atoms with E-state index >= 15 is 0 Å². The van der Waals surface area contributed by atoms with E-state index in [0.29, 0.717) is 0 Å². The summed E-state index contributed by atoms with van der Waals surface area (Å²) in [6.07, 6.45) is 1.93. The number of carbonyl (C=O) groups is 1. The van der Waals surface area contributed by atoms with Gasteiger partial charge in [-0.15, -0.1) is 0 Å². The molecule has 86 valence electrons. The van der Waals surface area contributed by atoms with Gasteiger partial charge in [-0.2, -0.15) is 0 Å². The van der Waals surface area contributed by atoms with Gasteiger partial charge in [0.1, 0.15) is 0 Å². The molecule has 2 nitrogen and oxygen atoms in total. The van der Waals surface area contributed by atoms with Crippen LogP contribution < -0.4 is 5.32 Å². The number of hydrogen-bond acceptors (Lipinski definition) is 2. The molecule has 1 fully saturated rings. The van der Waals surface area contributed by atoms with Crippen LogP contribution in [-0.2, 0) is 6.42 Å². The van der Waals surface area contributed by atoms with Crippen LogP contribution in [0.3, 0.4) is 0 Å². The van der Waals surface area contributed by atoms with Crippen molar-refractivity contribution in [3.63, 3.8) is 0 Å². The number of benzene rings is 1. The molecule has 0 aliphatic carbocycles. The molecule has 1 heterocycles. The normalized spacial score (nSPS) is 24.6. The van der Waals surface area contributed by atoms with Crippen molar-refractivity contribution in [1.29, 1.82) is 0 Å². The van der Waals surface area contributed by atoms with Crippen LogP contribution >= 0.6 is 0 Å². The molecule has 1 aliphatic rings. The van der Waals surface area contributed by atoms with Gasteiger partial charge in [0.15, 0.2) is 5.78 Å². The van der Waals surface area contributed by atoms with Crippen LogP contribution in [0.25, 0.3) is 0 Å². The highest BCUT2D eigenvalue weighted by atomic mass is 16.1. The van der Waals surface area contributed by atoms with E-state index in [9.17, 15) is 4.79 Å². The number of aryl methyl sites for hydroxylation is 1. The molecule has 1 unspecified atom stereocenters. The number of rotatable bonds is 3. The molecule has 1 aromatic carbocycles. The smallest absolute Gasteiger partial charge is 0.170 e. The van der Waals surface area contributed by atoms with E-state index < -0.39 is 0 Å². The molecule has 1 aromatic rings. The second kappa shape index (κ2) is 4.38. The second-order valence-corrected chi connectivity index (χ2v) is 4.87. The molecule has 0 aromatic heterocycles. The minimum Gasteiger partial charge on any atom is -0.316 e. The van der Waals surface area contributed by atoms with Gasteiger partial charge in [-0.05, 0) is 31.0 Å². The van der Waals surface area contributed by atoms with E-state index in [0.717, 1.165) is 31.5 Å². The molecular formula is C14H19NO. The molecule has 2 heteroatoms. The Balaban J connectivity index is 2.26. The van der Waals surface area contributed by atoms with Gasteiger partial charge in [0.25, 0.3) is 0 Å². The van der Waals surface area contributed by atoms with E-state index in [2.05, 4.69) is 25.2 Å². The molecule has 0 bridgehead atoms. The Hall–Kier alpha value is -1.15. The molecule has 1 atom stereocenters. The zero-order valence-electron chi connectivity index (χ0n) is 10.0. The zero-order chi connectivity index (χ0) is 11.6. The Bertz CT molecular complexity index is 391. The Labute approximate surface area is 97.1 Å². The highest BCUT2D eigenvalue weighted by molar-refractivity contribution is 6.00. The fourth-order valence-corrected chi connectivity index (χ4v) is 2.29. The third-order valence-electron chi connectivity index (χ3n) is 3.51. The standard InChI is InChI=1S/C14H19NO/c1-3-11-5-4-6-12(9-11)13(16)14(2)7-8-15-10-14/h4-6,9,15H,3,7-8,10H2,1-2H3.